The molecule has 0 saturated heterocycles. The lowest BCUT2D eigenvalue weighted by molar-refractivity contribution is 0.464. The van der Waals surface area contributed by atoms with Crippen molar-refractivity contribution < 1.29 is 4.74 Å². The van der Waals surface area contributed by atoms with Gasteiger partial charge in [-0.3, -0.25) is 9.97 Å². The monoisotopic (exact) mass is 302 g/mol. The van der Waals surface area contributed by atoms with Crippen LogP contribution < -0.4 is 4.74 Å². The zero-order chi connectivity index (χ0) is 14.5. The maximum absolute atomic E-state index is 6.30. The topological polar surface area (TPSA) is 35.0 Å². The SMILES string of the molecule is c1ccc2c3c(cnc2c1)Sc1cnc2ccccc2c1O3. The molecule has 0 radical (unpaired) electrons. The molecule has 104 valence electrons. The van der Waals surface area contributed by atoms with Gasteiger partial charge >= 0.3 is 0 Å². The van der Waals surface area contributed by atoms with E-state index in [2.05, 4.69) is 22.1 Å². The second-order valence-electron chi connectivity index (χ2n) is 5.14. The van der Waals surface area contributed by atoms with Crippen molar-refractivity contribution in [2.45, 2.75) is 9.79 Å². The van der Waals surface area contributed by atoms with Crippen LogP contribution in [0.15, 0.2) is 70.7 Å². The molecule has 0 spiro atoms. The molecule has 0 bridgehead atoms. The average Bonchev–Trinajstić information content (AvgIpc) is 2.60. The Hall–Kier alpha value is -2.59. The highest BCUT2D eigenvalue weighted by molar-refractivity contribution is 7.99. The van der Waals surface area contributed by atoms with Crippen LogP contribution in [0.25, 0.3) is 21.8 Å². The van der Waals surface area contributed by atoms with Crippen molar-refractivity contribution in [2.75, 3.05) is 0 Å². The summed E-state index contributed by atoms with van der Waals surface area (Å²) in [5.74, 6) is 1.78. The summed E-state index contributed by atoms with van der Waals surface area (Å²) in [5.41, 5.74) is 1.90. The van der Waals surface area contributed by atoms with Crippen LogP contribution in [0.3, 0.4) is 0 Å². The van der Waals surface area contributed by atoms with E-state index in [1.165, 1.54) is 0 Å². The molecule has 0 unspecified atom stereocenters. The van der Waals surface area contributed by atoms with Gasteiger partial charge in [-0.15, -0.1) is 0 Å². The van der Waals surface area contributed by atoms with Crippen LogP contribution in [-0.4, -0.2) is 9.97 Å². The minimum Gasteiger partial charge on any atom is -0.453 e. The number of ether oxygens (including phenoxy) is 1. The van der Waals surface area contributed by atoms with E-state index < -0.39 is 0 Å². The van der Waals surface area contributed by atoms with Gasteiger partial charge < -0.3 is 4.74 Å². The standard InChI is InChI=1S/C18H10N2OS/c1-3-7-13-11(5-1)17-15(9-19-13)22-16-10-20-14-8-4-2-6-12(14)18(16)21-17/h1-10H. The fourth-order valence-electron chi connectivity index (χ4n) is 2.77. The fraction of sp³-hybridized carbons (Fsp3) is 0. The molecule has 3 heterocycles. The van der Waals surface area contributed by atoms with Crippen molar-refractivity contribution in [3.05, 3.63) is 60.9 Å². The number of fused-ring (bicyclic) bond motifs is 6. The molecule has 0 amide bonds. The first-order valence-corrected chi connectivity index (χ1v) is 7.83. The predicted molar refractivity (Wildman–Crippen MR) is 87.7 cm³/mol. The molecule has 22 heavy (non-hydrogen) atoms. The third kappa shape index (κ3) is 1.64. The first kappa shape index (κ1) is 12.0. The molecule has 2 aromatic heterocycles. The minimum absolute atomic E-state index is 0.888. The molecule has 1 aliphatic rings. The van der Waals surface area contributed by atoms with Gasteiger partial charge in [0.1, 0.15) is 0 Å². The number of pyridine rings is 2. The third-order valence-corrected chi connectivity index (χ3v) is 4.83. The van der Waals surface area contributed by atoms with Crippen LogP contribution in [0.5, 0.6) is 11.5 Å². The molecule has 1 aliphatic heterocycles. The molecule has 4 aromatic rings. The van der Waals surface area contributed by atoms with Gasteiger partial charge in [0.2, 0.25) is 0 Å². The minimum atomic E-state index is 0.888. The predicted octanol–water partition coefficient (Wildman–Crippen LogP) is 5.04. The zero-order valence-electron chi connectivity index (χ0n) is 11.5. The summed E-state index contributed by atoms with van der Waals surface area (Å²) in [4.78, 5) is 11.1. The summed E-state index contributed by atoms with van der Waals surface area (Å²) in [6, 6.07) is 16.1. The maximum atomic E-state index is 6.30. The summed E-state index contributed by atoms with van der Waals surface area (Å²) in [6.07, 6.45) is 3.75. The maximum Gasteiger partial charge on any atom is 0.152 e. The van der Waals surface area contributed by atoms with E-state index in [0.29, 0.717) is 0 Å². The van der Waals surface area contributed by atoms with Gasteiger partial charge in [0.05, 0.1) is 20.8 Å². The van der Waals surface area contributed by atoms with E-state index in [0.717, 1.165) is 43.1 Å². The molecule has 2 aromatic carbocycles. The lowest BCUT2D eigenvalue weighted by Gasteiger charge is -2.21. The van der Waals surface area contributed by atoms with Crippen LogP contribution in [-0.2, 0) is 0 Å². The highest BCUT2D eigenvalue weighted by Gasteiger charge is 2.22. The van der Waals surface area contributed by atoms with Crippen LogP contribution in [0, 0.1) is 0 Å². The molecular formula is C18H10N2OS. The molecule has 0 saturated carbocycles. The Balaban J connectivity index is 1.80. The van der Waals surface area contributed by atoms with Gasteiger partial charge in [-0.25, -0.2) is 0 Å². The second kappa shape index (κ2) is 4.45. The number of hydrogen-bond acceptors (Lipinski definition) is 4. The van der Waals surface area contributed by atoms with Crippen molar-refractivity contribution >= 4 is 33.6 Å². The molecule has 0 N–H and O–H groups in total. The Bertz CT molecular complexity index is 962. The lowest BCUT2D eigenvalue weighted by Crippen LogP contribution is -1.99. The summed E-state index contributed by atoms with van der Waals surface area (Å²) < 4.78 is 6.30. The average molecular weight is 302 g/mol. The normalized spacial score (nSPS) is 12.7. The van der Waals surface area contributed by atoms with Gasteiger partial charge in [-0.2, -0.15) is 0 Å². The molecule has 0 fully saturated rings. The molecule has 4 heteroatoms. The number of benzene rings is 2. The number of rotatable bonds is 0. The van der Waals surface area contributed by atoms with Crippen molar-refractivity contribution in [3.8, 4) is 11.5 Å². The van der Waals surface area contributed by atoms with E-state index in [1.54, 1.807) is 11.8 Å². The first-order chi connectivity index (χ1) is 10.9. The molecule has 3 nitrogen and oxygen atoms in total. The summed E-state index contributed by atoms with van der Waals surface area (Å²) in [5, 5.41) is 2.08. The van der Waals surface area contributed by atoms with Gasteiger partial charge in [-0.1, -0.05) is 36.0 Å². The number of aromatic nitrogens is 2. The molecular weight excluding hydrogens is 292 g/mol. The second-order valence-corrected chi connectivity index (χ2v) is 6.23. The van der Waals surface area contributed by atoms with Gasteiger partial charge in [0.15, 0.2) is 11.5 Å². The summed E-state index contributed by atoms with van der Waals surface area (Å²) in [6.45, 7) is 0. The van der Waals surface area contributed by atoms with Crippen molar-refractivity contribution in [1.29, 1.82) is 0 Å². The van der Waals surface area contributed by atoms with Gasteiger partial charge in [-0.05, 0) is 24.3 Å². The Morgan fingerprint density at radius 2 is 1.18 bits per heavy atom. The van der Waals surface area contributed by atoms with Crippen LogP contribution in [0.2, 0.25) is 0 Å². The van der Waals surface area contributed by atoms with Crippen molar-refractivity contribution in [1.82, 2.24) is 9.97 Å². The summed E-state index contributed by atoms with van der Waals surface area (Å²) >= 11 is 1.66. The smallest absolute Gasteiger partial charge is 0.152 e. The van der Waals surface area contributed by atoms with Gasteiger partial charge in [0, 0.05) is 23.2 Å². The van der Waals surface area contributed by atoms with Crippen LogP contribution >= 0.6 is 11.8 Å². The Morgan fingerprint density at radius 1 is 0.682 bits per heavy atom. The van der Waals surface area contributed by atoms with Crippen molar-refractivity contribution in [3.63, 3.8) is 0 Å². The van der Waals surface area contributed by atoms with E-state index >= 15 is 0 Å². The number of para-hydroxylation sites is 2. The molecule has 0 atom stereocenters. The van der Waals surface area contributed by atoms with E-state index in [1.807, 2.05) is 48.8 Å². The molecule has 5 rings (SSSR count). The Morgan fingerprint density at radius 3 is 1.73 bits per heavy atom. The largest absolute Gasteiger partial charge is 0.453 e. The quantitative estimate of drug-likeness (QED) is 0.401. The number of nitrogens with zero attached hydrogens (tertiary/aromatic N) is 2. The van der Waals surface area contributed by atoms with Crippen LogP contribution in [0.4, 0.5) is 0 Å². The third-order valence-electron chi connectivity index (χ3n) is 3.81. The highest BCUT2D eigenvalue weighted by Crippen LogP contribution is 2.50. The number of hydrogen-bond donors (Lipinski definition) is 0. The Kier molecular flexibility index (Phi) is 2.43. The molecule has 0 aliphatic carbocycles. The fourth-order valence-corrected chi connectivity index (χ4v) is 3.71. The highest BCUT2D eigenvalue weighted by atomic mass is 32.2. The van der Waals surface area contributed by atoms with Gasteiger partial charge in [0.25, 0.3) is 0 Å². The lowest BCUT2D eigenvalue weighted by atomic mass is 10.2. The Labute approximate surface area is 131 Å². The van der Waals surface area contributed by atoms with E-state index in [4.69, 9.17) is 4.74 Å². The van der Waals surface area contributed by atoms with Crippen LogP contribution in [0.1, 0.15) is 0 Å². The summed E-state index contributed by atoms with van der Waals surface area (Å²) in [7, 11) is 0. The van der Waals surface area contributed by atoms with E-state index in [9.17, 15) is 0 Å². The zero-order valence-corrected chi connectivity index (χ0v) is 12.3. The first-order valence-electron chi connectivity index (χ1n) is 7.01. The van der Waals surface area contributed by atoms with Crippen molar-refractivity contribution in [2.24, 2.45) is 0 Å². The van der Waals surface area contributed by atoms with E-state index in [-0.39, 0.29) is 0 Å².